The van der Waals surface area contributed by atoms with Gasteiger partial charge in [-0.3, -0.25) is 9.71 Å². The van der Waals surface area contributed by atoms with Crippen molar-refractivity contribution in [3.05, 3.63) is 51.5 Å². The zero-order valence-corrected chi connectivity index (χ0v) is 13.4. The van der Waals surface area contributed by atoms with E-state index < -0.39 is 15.8 Å². The number of aromatic nitrogens is 1. The lowest BCUT2D eigenvalue weighted by Gasteiger charge is -2.11. The van der Waals surface area contributed by atoms with Crippen LogP contribution in [-0.2, 0) is 10.0 Å². The maximum atomic E-state index is 13.0. The summed E-state index contributed by atoms with van der Waals surface area (Å²) in [5.74, 6) is -0.603. The highest BCUT2D eigenvalue weighted by Gasteiger charge is 2.19. The number of benzene rings is 1. The van der Waals surface area contributed by atoms with Crippen LogP contribution in [-0.4, -0.2) is 13.4 Å². The fourth-order valence-electron chi connectivity index (χ4n) is 1.50. The molecule has 2 aromatic rings. The number of anilines is 1. The third-order valence-electron chi connectivity index (χ3n) is 2.48. The molecule has 0 unspecified atom stereocenters. The van der Waals surface area contributed by atoms with Crippen LogP contribution in [0.25, 0.3) is 0 Å². The summed E-state index contributed by atoms with van der Waals surface area (Å²) >= 11 is 8.98. The van der Waals surface area contributed by atoms with E-state index in [1.54, 1.807) is 19.2 Å². The number of nitrogens with one attached hydrogen (secondary N) is 1. The molecule has 0 aliphatic rings. The van der Waals surface area contributed by atoms with Crippen molar-refractivity contribution in [3.8, 4) is 0 Å². The number of rotatable bonds is 3. The van der Waals surface area contributed by atoms with Crippen LogP contribution < -0.4 is 4.72 Å². The van der Waals surface area contributed by atoms with Crippen molar-refractivity contribution >= 4 is 43.2 Å². The van der Waals surface area contributed by atoms with E-state index in [1.165, 1.54) is 0 Å². The Hall–Kier alpha value is -1.18. The number of aryl methyl sites for hydroxylation is 1. The van der Waals surface area contributed by atoms with Crippen LogP contribution >= 0.6 is 27.5 Å². The molecule has 0 radical (unpaired) electrons. The summed E-state index contributed by atoms with van der Waals surface area (Å²) in [4.78, 5) is 3.83. The Balaban J connectivity index is 2.43. The van der Waals surface area contributed by atoms with Gasteiger partial charge in [-0.2, -0.15) is 0 Å². The highest BCUT2D eigenvalue weighted by atomic mass is 79.9. The molecular weight excluding hydrogens is 371 g/mol. The standard InChI is InChI=1S/C12H9BrClFN2O2S/c1-7-11(4-8(13)6-16-7)17-20(18,19)12-3-2-9(15)5-10(12)14/h2-6,17H,1H3. The van der Waals surface area contributed by atoms with Crippen LogP contribution in [0.5, 0.6) is 0 Å². The van der Waals surface area contributed by atoms with Gasteiger partial charge in [0.15, 0.2) is 0 Å². The Labute approximate surface area is 129 Å². The molecule has 0 aliphatic carbocycles. The summed E-state index contributed by atoms with van der Waals surface area (Å²) < 4.78 is 40.4. The maximum absolute atomic E-state index is 13.0. The molecule has 4 nitrogen and oxygen atoms in total. The smallest absolute Gasteiger partial charge is 0.263 e. The van der Waals surface area contributed by atoms with Gasteiger partial charge in [-0.05, 0) is 47.1 Å². The highest BCUT2D eigenvalue weighted by molar-refractivity contribution is 9.10. The Kier molecular flexibility index (Phi) is 4.31. The molecule has 2 rings (SSSR count). The second kappa shape index (κ2) is 5.67. The summed E-state index contributed by atoms with van der Waals surface area (Å²) in [6, 6.07) is 4.67. The van der Waals surface area contributed by atoms with Gasteiger partial charge in [-0.15, -0.1) is 0 Å². The molecule has 0 bridgehead atoms. The SMILES string of the molecule is Cc1ncc(Br)cc1NS(=O)(=O)c1ccc(F)cc1Cl. The first-order valence-electron chi connectivity index (χ1n) is 5.39. The Morgan fingerprint density at radius 1 is 1.35 bits per heavy atom. The number of halogens is 3. The first-order chi connectivity index (χ1) is 9.29. The summed E-state index contributed by atoms with van der Waals surface area (Å²) in [7, 11) is -3.91. The molecule has 1 aromatic heterocycles. The van der Waals surface area contributed by atoms with Crippen molar-refractivity contribution in [2.24, 2.45) is 0 Å². The average Bonchev–Trinajstić information content (AvgIpc) is 2.33. The van der Waals surface area contributed by atoms with E-state index >= 15 is 0 Å². The Bertz CT molecular complexity index is 768. The lowest BCUT2D eigenvalue weighted by molar-refractivity contribution is 0.599. The minimum atomic E-state index is -3.91. The summed E-state index contributed by atoms with van der Waals surface area (Å²) in [6.45, 7) is 1.66. The van der Waals surface area contributed by atoms with E-state index in [-0.39, 0.29) is 9.92 Å². The monoisotopic (exact) mass is 378 g/mol. The highest BCUT2D eigenvalue weighted by Crippen LogP contribution is 2.26. The van der Waals surface area contributed by atoms with E-state index in [9.17, 15) is 12.8 Å². The lowest BCUT2D eigenvalue weighted by atomic mass is 10.3. The molecule has 0 amide bonds. The number of nitrogens with zero attached hydrogens (tertiary/aromatic N) is 1. The van der Waals surface area contributed by atoms with Crippen LogP contribution in [0.1, 0.15) is 5.69 Å². The summed E-state index contributed by atoms with van der Waals surface area (Å²) in [5, 5.41) is -0.182. The maximum Gasteiger partial charge on any atom is 0.263 e. The molecule has 1 N–H and O–H groups in total. The van der Waals surface area contributed by atoms with E-state index in [1.807, 2.05) is 0 Å². The number of pyridine rings is 1. The molecule has 0 fully saturated rings. The van der Waals surface area contributed by atoms with Crippen LogP contribution in [0.3, 0.4) is 0 Å². The molecule has 1 heterocycles. The van der Waals surface area contributed by atoms with Gasteiger partial charge in [-0.25, -0.2) is 12.8 Å². The molecule has 0 spiro atoms. The first kappa shape index (κ1) is 15.2. The molecule has 106 valence electrons. The van der Waals surface area contributed by atoms with Crippen LogP contribution in [0.2, 0.25) is 5.02 Å². The predicted molar refractivity (Wildman–Crippen MR) is 78.9 cm³/mol. The number of hydrogen-bond acceptors (Lipinski definition) is 3. The van der Waals surface area contributed by atoms with Crippen molar-refractivity contribution in [2.75, 3.05) is 4.72 Å². The summed E-state index contributed by atoms with van der Waals surface area (Å²) in [5.41, 5.74) is 0.828. The van der Waals surface area contributed by atoms with E-state index in [2.05, 4.69) is 25.6 Å². The lowest BCUT2D eigenvalue weighted by Crippen LogP contribution is -2.14. The molecule has 0 aliphatic heterocycles. The molecule has 0 atom stereocenters. The molecule has 20 heavy (non-hydrogen) atoms. The number of sulfonamides is 1. The molecular formula is C12H9BrClFN2O2S. The minimum absolute atomic E-state index is 0.182. The zero-order chi connectivity index (χ0) is 14.9. The Morgan fingerprint density at radius 2 is 2.05 bits per heavy atom. The predicted octanol–water partition coefficient (Wildman–Crippen LogP) is 3.75. The third kappa shape index (κ3) is 3.28. The van der Waals surface area contributed by atoms with Gasteiger partial charge < -0.3 is 0 Å². The largest absolute Gasteiger partial charge is 0.278 e. The average molecular weight is 380 g/mol. The fraction of sp³-hybridized carbons (Fsp3) is 0.0833. The van der Waals surface area contributed by atoms with Crippen molar-refractivity contribution in [1.82, 2.24) is 4.98 Å². The topological polar surface area (TPSA) is 59.1 Å². The van der Waals surface area contributed by atoms with E-state index in [0.29, 0.717) is 15.9 Å². The van der Waals surface area contributed by atoms with Gasteiger partial charge in [0.05, 0.1) is 16.4 Å². The van der Waals surface area contributed by atoms with Crippen LogP contribution in [0.15, 0.2) is 39.8 Å². The Morgan fingerprint density at radius 3 is 2.70 bits per heavy atom. The van der Waals surface area contributed by atoms with E-state index in [4.69, 9.17) is 11.6 Å². The number of hydrogen-bond donors (Lipinski definition) is 1. The van der Waals surface area contributed by atoms with E-state index in [0.717, 1.165) is 18.2 Å². The normalized spacial score (nSPS) is 11.4. The van der Waals surface area contributed by atoms with Gasteiger partial charge in [0.25, 0.3) is 10.0 Å². The third-order valence-corrected chi connectivity index (χ3v) is 4.76. The minimum Gasteiger partial charge on any atom is -0.278 e. The molecule has 8 heteroatoms. The molecule has 0 saturated carbocycles. The van der Waals surface area contributed by atoms with Crippen molar-refractivity contribution in [3.63, 3.8) is 0 Å². The van der Waals surface area contributed by atoms with Crippen LogP contribution in [0, 0.1) is 12.7 Å². The van der Waals surface area contributed by atoms with Crippen molar-refractivity contribution in [2.45, 2.75) is 11.8 Å². The second-order valence-corrected chi connectivity index (χ2v) is 6.94. The molecule has 1 aromatic carbocycles. The fourth-order valence-corrected chi connectivity index (χ4v) is 3.48. The van der Waals surface area contributed by atoms with Crippen LogP contribution in [0.4, 0.5) is 10.1 Å². The molecule has 0 saturated heterocycles. The zero-order valence-electron chi connectivity index (χ0n) is 10.2. The van der Waals surface area contributed by atoms with Gasteiger partial charge in [0.1, 0.15) is 10.7 Å². The van der Waals surface area contributed by atoms with Gasteiger partial charge in [0.2, 0.25) is 0 Å². The summed E-state index contributed by atoms with van der Waals surface area (Å²) in [6.07, 6.45) is 1.55. The van der Waals surface area contributed by atoms with Gasteiger partial charge in [-0.1, -0.05) is 11.6 Å². The second-order valence-electron chi connectivity index (χ2n) is 3.97. The van der Waals surface area contributed by atoms with Gasteiger partial charge in [0, 0.05) is 10.7 Å². The van der Waals surface area contributed by atoms with Crippen molar-refractivity contribution < 1.29 is 12.8 Å². The quantitative estimate of drug-likeness (QED) is 0.883. The first-order valence-corrected chi connectivity index (χ1v) is 8.05. The van der Waals surface area contributed by atoms with Crippen molar-refractivity contribution in [1.29, 1.82) is 0 Å². The van der Waals surface area contributed by atoms with Gasteiger partial charge >= 0.3 is 0 Å².